The van der Waals surface area contributed by atoms with Crippen LogP contribution < -0.4 is 20.6 Å². The van der Waals surface area contributed by atoms with E-state index in [9.17, 15) is 0 Å². The van der Waals surface area contributed by atoms with E-state index in [0.29, 0.717) is 0 Å². The van der Waals surface area contributed by atoms with E-state index in [-0.39, 0.29) is 39.3 Å². The summed E-state index contributed by atoms with van der Waals surface area (Å²) in [4.78, 5) is 5.53. The monoisotopic (exact) mass is 905 g/mol. The number of aryl methyl sites for hydroxylation is 1. The number of furan rings is 1. The molecule has 7 aromatic carbocycles. The van der Waals surface area contributed by atoms with E-state index in [2.05, 4.69) is 209 Å². The average Bonchev–Trinajstić information content (AvgIpc) is 3.70. The molecule has 3 aliphatic carbocycles. The van der Waals surface area contributed by atoms with Crippen molar-refractivity contribution in [3.8, 4) is 11.1 Å². The maximum atomic E-state index is 6.93. The molecular weight excluding hydrogens is 836 g/mol. The number of benzene rings is 7. The first-order valence-electron chi connectivity index (χ1n) is 26.2. The summed E-state index contributed by atoms with van der Waals surface area (Å²) in [6, 6.07) is 43.4. The van der Waals surface area contributed by atoms with Crippen LogP contribution in [-0.4, -0.2) is 6.85 Å². The quantitative estimate of drug-likeness (QED) is 0.161. The minimum atomic E-state index is -0.160. The molecule has 0 amide bonds. The van der Waals surface area contributed by atoms with Crippen LogP contribution in [0.4, 0.5) is 28.4 Å². The van der Waals surface area contributed by atoms with E-state index < -0.39 is 0 Å². The molecule has 0 fully saturated rings. The van der Waals surface area contributed by atoms with Crippen molar-refractivity contribution in [2.45, 2.75) is 161 Å². The van der Waals surface area contributed by atoms with E-state index in [4.69, 9.17) is 4.42 Å². The molecule has 69 heavy (non-hydrogen) atoms. The first-order valence-corrected chi connectivity index (χ1v) is 26.2. The summed E-state index contributed by atoms with van der Waals surface area (Å²) in [7, 11) is 0. The highest BCUT2D eigenvalue weighted by atomic mass is 16.3. The van der Waals surface area contributed by atoms with Gasteiger partial charge in [0, 0.05) is 44.5 Å². The molecule has 0 N–H and O–H groups in total. The lowest BCUT2D eigenvalue weighted by atomic mass is 9.42. The van der Waals surface area contributed by atoms with Gasteiger partial charge in [-0.2, -0.15) is 0 Å². The highest BCUT2D eigenvalue weighted by Gasteiger charge is 2.50. The fourth-order valence-corrected chi connectivity index (χ4v) is 14.3. The van der Waals surface area contributed by atoms with Crippen LogP contribution in [0.1, 0.15) is 161 Å². The molecule has 3 nitrogen and oxygen atoms in total. The van der Waals surface area contributed by atoms with Crippen molar-refractivity contribution in [2.24, 2.45) is 0 Å². The molecule has 2 aliphatic heterocycles. The lowest BCUT2D eigenvalue weighted by Gasteiger charge is -2.49. The highest BCUT2D eigenvalue weighted by Crippen LogP contribution is 2.57. The van der Waals surface area contributed by atoms with Crippen molar-refractivity contribution in [1.29, 1.82) is 0 Å². The SMILES string of the molecule is Cc1cc2c(cc1N1c3ccc4oc5ccccc5c4c3B3c4c(cc5ccccc5c41)-c1cc4c(cc1N3c1ccc3c(c1)C(C)(C)CCC3(C)C)C(C)(C)CCC4(C)C)C(C)(C)CCC2(C)C. The summed E-state index contributed by atoms with van der Waals surface area (Å²) in [6.45, 7) is 31.9. The molecule has 3 heterocycles. The van der Waals surface area contributed by atoms with Gasteiger partial charge in [-0.05, 0) is 193 Å². The van der Waals surface area contributed by atoms with Gasteiger partial charge in [-0.1, -0.05) is 138 Å². The third-order valence-electron chi connectivity index (χ3n) is 18.9. The predicted octanol–water partition coefficient (Wildman–Crippen LogP) is 16.8. The van der Waals surface area contributed by atoms with Gasteiger partial charge in [-0.25, -0.2) is 0 Å². The van der Waals surface area contributed by atoms with Crippen molar-refractivity contribution in [2.75, 3.05) is 9.71 Å². The number of nitrogens with zero attached hydrogens (tertiary/aromatic N) is 2. The van der Waals surface area contributed by atoms with Crippen LogP contribution in [-0.2, 0) is 32.5 Å². The standard InChI is InChI=1S/C65H69BN2O/c1-38-32-46-49(64(10,11)30-28-61(46,4)5)36-52(38)67-51-24-25-55-56(42-20-16-17-21-54(42)69-55)58(51)66-57-44(33-39-18-14-15-19-41(39)59(57)67)43-35-48-50(65(12,13)31-29-63(48,8)9)37-53(43)68(66)40-22-23-45-47(34-40)62(6,7)27-26-60(45,2)3/h14-25,32-37H,26-31H2,1-13H3. The third kappa shape index (κ3) is 5.93. The Bertz CT molecular complexity index is 3560. The molecule has 13 rings (SSSR count). The molecule has 4 heteroatoms. The molecule has 8 aromatic rings. The summed E-state index contributed by atoms with van der Waals surface area (Å²) in [5, 5.41) is 4.96. The summed E-state index contributed by atoms with van der Waals surface area (Å²) >= 11 is 0. The predicted molar refractivity (Wildman–Crippen MR) is 296 cm³/mol. The van der Waals surface area contributed by atoms with Crippen LogP contribution in [0.25, 0.3) is 43.8 Å². The largest absolute Gasteiger partial charge is 0.456 e. The smallest absolute Gasteiger partial charge is 0.333 e. The first-order chi connectivity index (χ1) is 32.6. The lowest BCUT2D eigenvalue weighted by molar-refractivity contribution is 0.332. The summed E-state index contributed by atoms with van der Waals surface area (Å²) < 4.78 is 6.93. The Morgan fingerprint density at radius 1 is 0.435 bits per heavy atom. The van der Waals surface area contributed by atoms with Gasteiger partial charge < -0.3 is 14.1 Å². The fourth-order valence-electron chi connectivity index (χ4n) is 14.3. The zero-order chi connectivity index (χ0) is 48.1. The number of hydrogen-bond acceptors (Lipinski definition) is 3. The van der Waals surface area contributed by atoms with Crippen LogP contribution in [0.5, 0.6) is 0 Å². The number of fused-ring (bicyclic) bond motifs is 13. The minimum Gasteiger partial charge on any atom is -0.456 e. The number of anilines is 5. The van der Waals surface area contributed by atoms with Gasteiger partial charge in [0.15, 0.2) is 0 Å². The average molecular weight is 905 g/mol. The van der Waals surface area contributed by atoms with E-state index in [1.165, 1.54) is 137 Å². The van der Waals surface area contributed by atoms with Crippen molar-refractivity contribution in [3.63, 3.8) is 0 Å². The normalized spacial score (nSPS) is 20.5. The van der Waals surface area contributed by atoms with Crippen LogP contribution in [0.3, 0.4) is 0 Å². The Balaban J connectivity index is 1.23. The molecule has 0 atom stereocenters. The van der Waals surface area contributed by atoms with Gasteiger partial charge in [0.1, 0.15) is 11.2 Å². The molecule has 5 aliphatic rings. The molecule has 0 bridgehead atoms. The zero-order valence-electron chi connectivity index (χ0n) is 43.5. The third-order valence-corrected chi connectivity index (χ3v) is 18.9. The van der Waals surface area contributed by atoms with Gasteiger partial charge in [-0.15, -0.1) is 0 Å². The number of para-hydroxylation sites is 1. The molecule has 0 saturated carbocycles. The van der Waals surface area contributed by atoms with Crippen molar-refractivity contribution < 1.29 is 4.42 Å². The van der Waals surface area contributed by atoms with Gasteiger partial charge in [-0.3, -0.25) is 0 Å². The molecule has 0 spiro atoms. The van der Waals surface area contributed by atoms with Gasteiger partial charge in [0.2, 0.25) is 0 Å². The maximum absolute atomic E-state index is 6.93. The molecule has 1 aromatic heterocycles. The Hall–Kier alpha value is -5.74. The van der Waals surface area contributed by atoms with Gasteiger partial charge in [0.25, 0.3) is 0 Å². The molecule has 0 unspecified atom stereocenters. The van der Waals surface area contributed by atoms with E-state index in [1.54, 1.807) is 0 Å². The Kier molecular flexibility index (Phi) is 8.64. The van der Waals surface area contributed by atoms with Crippen molar-refractivity contribution in [3.05, 3.63) is 148 Å². The molecular formula is C65H69BN2O. The Labute approximate surface area is 411 Å². The second-order valence-corrected chi connectivity index (χ2v) is 26.1. The highest BCUT2D eigenvalue weighted by molar-refractivity contribution is 6.95. The molecule has 0 saturated heterocycles. The molecule has 348 valence electrons. The van der Waals surface area contributed by atoms with Crippen LogP contribution in [0, 0.1) is 6.92 Å². The lowest BCUT2D eigenvalue weighted by Crippen LogP contribution is -2.62. The topological polar surface area (TPSA) is 19.6 Å². The van der Waals surface area contributed by atoms with E-state index >= 15 is 0 Å². The summed E-state index contributed by atoms with van der Waals surface area (Å²) in [5.74, 6) is 0. The second-order valence-electron chi connectivity index (χ2n) is 26.1. The Morgan fingerprint density at radius 2 is 0.971 bits per heavy atom. The summed E-state index contributed by atoms with van der Waals surface area (Å²) in [6.07, 6.45) is 7.04. The van der Waals surface area contributed by atoms with Gasteiger partial charge in [0.05, 0.1) is 5.69 Å². The van der Waals surface area contributed by atoms with Crippen molar-refractivity contribution in [1.82, 2.24) is 0 Å². The van der Waals surface area contributed by atoms with Crippen LogP contribution in [0.15, 0.2) is 114 Å². The zero-order valence-corrected chi connectivity index (χ0v) is 43.5. The molecule has 0 radical (unpaired) electrons. The van der Waals surface area contributed by atoms with Crippen molar-refractivity contribution >= 4 is 78.9 Å². The fraction of sp³-hybridized carbons (Fsp3) is 0.385. The number of rotatable bonds is 2. The van der Waals surface area contributed by atoms with Crippen LogP contribution >= 0.6 is 0 Å². The van der Waals surface area contributed by atoms with E-state index in [1.807, 2.05) is 0 Å². The maximum Gasteiger partial charge on any atom is 0.333 e. The van der Waals surface area contributed by atoms with Crippen LogP contribution in [0.2, 0.25) is 0 Å². The van der Waals surface area contributed by atoms with E-state index in [0.717, 1.165) is 24.0 Å². The summed E-state index contributed by atoms with van der Waals surface area (Å²) in [5.41, 5.74) is 24.3. The second kappa shape index (κ2) is 13.8. The van der Waals surface area contributed by atoms with Gasteiger partial charge >= 0.3 is 6.85 Å². The minimum absolute atomic E-state index is 0.0316. The Morgan fingerprint density at radius 3 is 1.62 bits per heavy atom. The number of hydrogen-bond donors (Lipinski definition) is 0. The first kappa shape index (κ1) is 43.3.